The standard InChI is InChI=1S/C18H26N2O5/c1-3-8-15-14(4-2)17(21)19(11-16(15)20(23)24)18(22)25-12-13-9-6-5-7-10-13/h5-7,9-10,14-17,21H,3-4,8,11-12H2,1-2H3/t14-,15-,16-,17+/m0/s1. The number of benzene rings is 1. The molecular formula is C18H26N2O5. The molecule has 1 aromatic rings. The number of likely N-dealkylation sites (tertiary alicyclic amines) is 1. The number of carbonyl (C=O) groups is 1. The SMILES string of the molecule is CCC[C@H]1[C@H](CC)[C@@H](O)N(C(=O)OCc2ccccc2)C[C@@H]1[N+](=O)[O-]. The second-order valence-electron chi connectivity index (χ2n) is 6.48. The number of carbonyl (C=O) groups excluding carboxylic acids is 1. The second-order valence-corrected chi connectivity index (χ2v) is 6.48. The van der Waals surface area contributed by atoms with Crippen molar-refractivity contribution in [3.63, 3.8) is 0 Å². The molecule has 1 amide bonds. The van der Waals surface area contributed by atoms with Crippen LogP contribution in [-0.2, 0) is 11.3 Å². The van der Waals surface area contributed by atoms with Crippen LogP contribution in [0.5, 0.6) is 0 Å². The van der Waals surface area contributed by atoms with Crippen molar-refractivity contribution < 1.29 is 19.6 Å². The van der Waals surface area contributed by atoms with Crippen molar-refractivity contribution in [1.29, 1.82) is 0 Å². The first-order chi connectivity index (χ1) is 12.0. The van der Waals surface area contributed by atoms with Crippen molar-refractivity contribution in [2.45, 2.75) is 52.0 Å². The molecule has 1 heterocycles. The van der Waals surface area contributed by atoms with Crippen molar-refractivity contribution in [3.8, 4) is 0 Å². The maximum Gasteiger partial charge on any atom is 0.412 e. The molecule has 4 atom stereocenters. The smallest absolute Gasteiger partial charge is 0.412 e. The zero-order valence-electron chi connectivity index (χ0n) is 14.7. The van der Waals surface area contributed by atoms with Gasteiger partial charge >= 0.3 is 6.09 Å². The number of hydrogen-bond acceptors (Lipinski definition) is 5. The van der Waals surface area contributed by atoms with E-state index in [0.717, 1.165) is 16.9 Å². The number of amides is 1. The summed E-state index contributed by atoms with van der Waals surface area (Å²) < 4.78 is 5.26. The third-order valence-corrected chi connectivity index (χ3v) is 4.93. The molecule has 7 nitrogen and oxygen atoms in total. The van der Waals surface area contributed by atoms with Gasteiger partial charge in [-0.15, -0.1) is 0 Å². The van der Waals surface area contributed by atoms with E-state index in [-0.39, 0.29) is 29.9 Å². The number of aliphatic hydroxyl groups excluding tert-OH is 1. The van der Waals surface area contributed by atoms with Crippen LogP contribution in [0.1, 0.15) is 38.7 Å². The molecule has 1 aliphatic heterocycles. The number of aliphatic hydroxyl groups is 1. The van der Waals surface area contributed by atoms with Gasteiger partial charge in [0.1, 0.15) is 12.8 Å². The fraction of sp³-hybridized carbons (Fsp3) is 0.611. The minimum absolute atomic E-state index is 0.0706. The molecule has 1 fully saturated rings. The van der Waals surface area contributed by atoms with E-state index < -0.39 is 18.4 Å². The second kappa shape index (κ2) is 8.80. The molecule has 0 spiro atoms. The summed E-state index contributed by atoms with van der Waals surface area (Å²) in [6.45, 7) is 3.80. The van der Waals surface area contributed by atoms with Gasteiger partial charge in [-0.1, -0.05) is 50.6 Å². The maximum atomic E-state index is 12.4. The van der Waals surface area contributed by atoms with Gasteiger partial charge in [0.05, 0.1) is 6.54 Å². The Bertz CT molecular complexity index is 580. The third kappa shape index (κ3) is 4.48. The first kappa shape index (κ1) is 19.2. The Morgan fingerprint density at radius 2 is 2.00 bits per heavy atom. The molecule has 0 unspecified atom stereocenters. The predicted molar refractivity (Wildman–Crippen MR) is 92.3 cm³/mol. The van der Waals surface area contributed by atoms with E-state index in [2.05, 4.69) is 0 Å². The van der Waals surface area contributed by atoms with Crippen molar-refractivity contribution in [2.75, 3.05) is 6.54 Å². The number of rotatable bonds is 6. The first-order valence-electron chi connectivity index (χ1n) is 8.78. The Labute approximate surface area is 147 Å². The zero-order chi connectivity index (χ0) is 18.4. The summed E-state index contributed by atoms with van der Waals surface area (Å²) in [5.74, 6) is -0.563. The van der Waals surface area contributed by atoms with Gasteiger partial charge in [0, 0.05) is 16.8 Å². The number of ether oxygens (including phenoxy) is 1. The summed E-state index contributed by atoms with van der Waals surface area (Å²) in [5, 5.41) is 22.1. The molecular weight excluding hydrogens is 324 g/mol. The van der Waals surface area contributed by atoms with Crippen LogP contribution in [0.4, 0.5) is 4.79 Å². The fourth-order valence-electron chi connectivity index (χ4n) is 3.64. The molecule has 1 aromatic carbocycles. The lowest BCUT2D eigenvalue weighted by Crippen LogP contribution is -2.59. The van der Waals surface area contributed by atoms with Crippen LogP contribution >= 0.6 is 0 Å². The molecule has 1 aliphatic rings. The Kier molecular flexibility index (Phi) is 6.75. The van der Waals surface area contributed by atoms with Gasteiger partial charge in [-0.05, 0) is 18.4 Å². The Morgan fingerprint density at radius 3 is 2.56 bits per heavy atom. The van der Waals surface area contributed by atoms with Gasteiger partial charge in [-0.2, -0.15) is 0 Å². The molecule has 0 aromatic heterocycles. The summed E-state index contributed by atoms with van der Waals surface area (Å²) in [7, 11) is 0. The lowest BCUT2D eigenvalue weighted by atomic mass is 9.77. The monoisotopic (exact) mass is 350 g/mol. The highest BCUT2D eigenvalue weighted by molar-refractivity contribution is 5.68. The number of nitro groups is 1. The molecule has 1 saturated heterocycles. The summed E-state index contributed by atoms with van der Waals surface area (Å²) in [6.07, 6.45) is 0.265. The van der Waals surface area contributed by atoms with Crippen LogP contribution in [0, 0.1) is 22.0 Å². The maximum absolute atomic E-state index is 12.4. The van der Waals surface area contributed by atoms with Gasteiger partial charge in [0.25, 0.3) is 0 Å². The lowest BCUT2D eigenvalue weighted by molar-refractivity contribution is -0.541. The van der Waals surface area contributed by atoms with Crippen molar-refractivity contribution >= 4 is 6.09 Å². The minimum atomic E-state index is -1.05. The molecule has 0 bridgehead atoms. The van der Waals surface area contributed by atoms with Crippen molar-refractivity contribution in [1.82, 2.24) is 4.90 Å². The van der Waals surface area contributed by atoms with Gasteiger partial charge in [-0.3, -0.25) is 15.0 Å². The van der Waals surface area contributed by atoms with E-state index >= 15 is 0 Å². The minimum Gasteiger partial charge on any atom is -0.444 e. The molecule has 1 N–H and O–H groups in total. The lowest BCUT2D eigenvalue weighted by Gasteiger charge is -2.42. The van der Waals surface area contributed by atoms with Crippen molar-refractivity contribution in [3.05, 3.63) is 46.0 Å². The molecule has 2 rings (SSSR count). The van der Waals surface area contributed by atoms with Crippen LogP contribution in [-0.4, -0.2) is 39.8 Å². The first-order valence-corrected chi connectivity index (χ1v) is 8.78. The zero-order valence-corrected chi connectivity index (χ0v) is 14.7. The van der Waals surface area contributed by atoms with E-state index in [9.17, 15) is 20.0 Å². The largest absolute Gasteiger partial charge is 0.444 e. The Morgan fingerprint density at radius 1 is 1.32 bits per heavy atom. The number of piperidine rings is 1. The van der Waals surface area contributed by atoms with E-state index in [0.29, 0.717) is 12.8 Å². The molecule has 7 heteroatoms. The Hall–Kier alpha value is -2.15. The normalized spacial score (nSPS) is 26.3. The van der Waals surface area contributed by atoms with Crippen LogP contribution in [0.3, 0.4) is 0 Å². The number of nitrogens with zero attached hydrogens (tertiary/aromatic N) is 2. The summed E-state index contributed by atoms with van der Waals surface area (Å²) in [4.78, 5) is 24.7. The summed E-state index contributed by atoms with van der Waals surface area (Å²) >= 11 is 0. The topological polar surface area (TPSA) is 92.9 Å². The number of hydrogen-bond donors (Lipinski definition) is 1. The quantitative estimate of drug-likeness (QED) is 0.629. The molecule has 0 aliphatic carbocycles. The highest BCUT2D eigenvalue weighted by Gasteiger charge is 2.49. The third-order valence-electron chi connectivity index (χ3n) is 4.93. The van der Waals surface area contributed by atoms with Crippen LogP contribution in [0.25, 0.3) is 0 Å². The molecule has 25 heavy (non-hydrogen) atoms. The average Bonchev–Trinajstić information content (AvgIpc) is 2.61. The molecule has 138 valence electrons. The van der Waals surface area contributed by atoms with E-state index in [4.69, 9.17) is 4.74 Å². The van der Waals surface area contributed by atoms with Gasteiger partial charge in [-0.25, -0.2) is 4.79 Å². The predicted octanol–water partition coefficient (Wildman–Crippen LogP) is 3.05. The van der Waals surface area contributed by atoms with Gasteiger partial charge in [0.2, 0.25) is 6.04 Å². The molecule has 0 radical (unpaired) electrons. The van der Waals surface area contributed by atoms with Crippen LogP contribution in [0.15, 0.2) is 30.3 Å². The van der Waals surface area contributed by atoms with E-state index in [1.807, 2.05) is 44.2 Å². The average molecular weight is 350 g/mol. The van der Waals surface area contributed by atoms with E-state index in [1.165, 1.54) is 0 Å². The fourth-order valence-corrected chi connectivity index (χ4v) is 3.64. The van der Waals surface area contributed by atoms with Gasteiger partial charge in [0.15, 0.2) is 0 Å². The highest BCUT2D eigenvalue weighted by atomic mass is 16.6. The Balaban J connectivity index is 2.10. The van der Waals surface area contributed by atoms with E-state index in [1.54, 1.807) is 0 Å². The molecule has 0 saturated carbocycles. The summed E-state index contributed by atoms with van der Waals surface area (Å²) in [5.41, 5.74) is 0.823. The van der Waals surface area contributed by atoms with Crippen LogP contribution in [0.2, 0.25) is 0 Å². The van der Waals surface area contributed by atoms with Crippen LogP contribution < -0.4 is 0 Å². The van der Waals surface area contributed by atoms with Crippen molar-refractivity contribution in [2.24, 2.45) is 11.8 Å². The van der Waals surface area contributed by atoms with Gasteiger partial charge < -0.3 is 9.84 Å². The highest BCUT2D eigenvalue weighted by Crippen LogP contribution is 2.35. The summed E-state index contributed by atoms with van der Waals surface area (Å²) in [6, 6.07) is 8.31.